The van der Waals surface area contributed by atoms with Gasteiger partial charge >= 0.3 is 0 Å². The molecule has 12 aromatic carbocycles. The first-order chi connectivity index (χ1) is 38.7. The van der Waals surface area contributed by atoms with Gasteiger partial charge < -0.3 is 9.13 Å². The lowest BCUT2D eigenvalue weighted by Gasteiger charge is -2.11. The van der Waals surface area contributed by atoms with Crippen LogP contribution < -0.4 is 0 Å². The molecule has 0 amide bonds. The molecule has 0 aliphatic rings. The highest BCUT2D eigenvalue weighted by Gasteiger charge is 2.29. The third-order valence-corrected chi connectivity index (χ3v) is 17.3. The molecular weight excluding hydrogens is 949 g/mol. The number of benzene rings is 12. The molecule has 7 aromatic heterocycles. The summed E-state index contributed by atoms with van der Waals surface area (Å²) in [6.45, 7) is 0. The van der Waals surface area contributed by atoms with E-state index in [2.05, 4.69) is 261 Å². The lowest BCUT2D eigenvalue weighted by atomic mass is 9.95. The highest BCUT2D eigenvalue weighted by atomic mass is 15.1. The van der Waals surface area contributed by atoms with Crippen molar-refractivity contribution in [3.8, 4) is 33.6 Å². The van der Waals surface area contributed by atoms with E-state index in [1.807, 2.05) is 0 Å². The van der Waals surface area contributed by atoms with Gasteiger partial charge in [-0.2, -0.15) is 0 Å². The summed E-state index contributed by atoms with van der Waals surface area (Å²) in [6, 6.07) is 89.1. The van der Waals surface area contributed by atoms with Crippen LogP contribution in [0.5, 0.6) is 0 Å². The lowest BCUT2D eigenvalue weighted by Crippen LogP contribution is -1.94. The average Bonchev–Trinajstić information content (AvgIpc) is 4.53. The van der Waals surface area contributed by atoms with Gasteiger partial charge in [-0.3, -0.25) is 8.80 Å². The number of hydrogen-bond acceptors (Lipinski definition) is 2. The van der Waals surface area contributed by atoms with E-state index < -0.39 is 0 Å². The molecule has 6 heteroatoms. The highest BCUT2D eigenvalue weighted by Crippen LogP contribution is 2.49. The molecule has 0 unspecified atom stereocenters. The van der Waals surface area contributed by atoms with Gasteiger partial charge in [0.2, 0.25) is 0 Å². The van der Waals surface area contributed by atoms with Crippen molar-refractivity contribution >= 4 is 142 Å². The van der Waals surface area contributed by atoms with Crippen LogP contribution in [0.1, 0.15) is 0 Å². The third-order valence-electron chi connectivity index (χ3n) is 17.3. The van der Waals surface area contributed by atoms with Crippen LogP contribution in [-0.4, -0.2) is 27.9 Å². The van der Waals surface area contributed by atoms with Crippen molar-refractivity contribution in [3.63, 3.8) is 0 Å². The second-order valence-corrected chi connectivity index (χ2v) is 21.2. The van der Waals surface area contributed by atoms with Gasteiger partial charge in [-0.05, 0) is 105 Å². The molecule has 0 fully saturated rings. The largest absolute Gasteiger partial charge is 0.309 e. The van der Waals surface area contributed by atoms with Crippen LogP contribution in [0.2, 0.25) is 0 Å². The summed E-state index contributed by atoms with van der Waals surface area (Å²) >= 11 is 0. The van der Waals surface area contributed by atoms with E-state index in [0.29, 0.717) is 0 Å². The van der Waals surface area contributed by atoms with Gasteiger partial charge in [-0.25, -0.2) is 9.97 Å². The van der Waals surface area contributed by atoms with Gasteiger partial charge in [0.25, 0.3) is 0 Å². The van der Waals surface area contributed by atoms with Gasteiger partial charge in [0, 0.05) is 76.4 Å². The van der Waals surface area contributed by atoms with Gasteiger partial charge in [0.1, 0.15) is 11.0 Å². The van der Waals surface area contributed by atoms with E-state index in [-0.39, 0.29) is 0 Å². The molecule has 0 saturated heterocycles. The van der Waals surface area contributed by atoms with E-state index in [9.17, 15) is 0 Å². The molecule has 0 spiro atoms. The van der Waals surface area contributed by atoms with Crippen LogP contribution in [0, 0.1) is 0 Å². The van der Waals surface area contributed by atoms with E-state index in [1.165, 1.54) is 86.7 Å². The Labute approximate surface area is 443 Å². The Bertz CT molecular complexity index is 5800. The standard InChI is InChI=1S/C72H40N6/c1-3-19-45(20-4-1)75-59-31-13-11-25-50(59)56-38-43(33-35-61(56)75)49-27-15-28-52-58-40-42-18-8-10-24-48(42)64-66-72(77(67(49)52)70(58)64)73-65-54-30-16-29-53-63-47-23-9-7-17-41(47)37-55(69(63)78(68(53)54)71(65)74-66)44-34-36-62-57(39-44)51-26-12-14-32-60(51)76(62)46-21-5-2-6-22-46/h1-40H. The zero-order valence-electron chi connectivity index (χ0n) is 41.8. The Hall–Kier alpha value is -10.6. The molecular formula is C72H40N6. The highest BCUT2D eigenvalue weighted by molar-refractivity contribution is 6.34. The number of para-hydroxylation sites is 6. The predicted molar refractivity (Wildman–Crippen MR) is 326 cm³/mol. The molecule has 0 radical (unpaired) electrons. The Morgan fingerprint density at radius 2 is 0.744 bits per heavy atom. The van der Waals surface area contributed by atoms with Crippen LogP contribution in [0.15, 0.2) is 243 Å². The van der Waals surface area contributed by atoms with Crippen molar-refractivity contribution in [2.24, 2.45) is 0 Å². The van der Waals surface area contributed by atoms with E-state index >= 15 is 0 Å². The third kappa shape index (κ3) is 5.07. The second-order valence-electron chi connectivity index (χ2n) is 21.2. The van der Waals surface area contributed by atoms with E-state index in [1.54, 1.807) is 0 Å². The van der Waals surface area contributed by atoms with Crippen LogP contribution in [0.4, 0.5) is 0 Å². The maximum atomic E-state index is 5.99. The molecule has 7 heterocycles. The molecule has 0 saturated carbocycles. The molecule has 0 aliphatic heterocycles. The summed E-state index contributed by atoms with van der Waals surface area (Å²) in [4.78, 5) is 11.9. The molecule has 0 bridgehead atoms. The SMILES string of the molecule is c1ccc(-n2c3ccccc3c3cc(-c4cc5ccccc5c5c6cccc7c8nc9c(nc8n(c45)c76)c4c5ccccc5cc5c6cccc(-c7ccc8c(c7)c7ccccc7n8-c7ccccc7)c6n9c54)ccc32)cc1. The Kier molecular flexibility index (Phi) is 7.65. The van der Waals surface area contributed by atoms with Gasteiger partial charge in [-0.15, -0.1) is 0 Å². The van der Waals surface area contributed by atoms with E-state index in [4.69, 9.17) is 9.97 Å². The van der Waals surface area contributed by atoms with Crippen molar-refractivity contribution in [1.29, 1.82) is 0 Å². The molecule has 358 valence electrons. The Balaban J connectivity index is 0.928. The molecule has 0 atom stereocenters. The maximum absolute atomic E-state index is 5.99. The van der Waals surface area contributed by atoms with Crippen LogP contribution in [0.25, 0.3) is 175 Å². The van der Waals surface area contributed by atoms with Crippen molar-refractivity contribution in [2.45, 2.75) is 0 Å². The molecule has 0 N–H and O–H groups in total. The molecule has 19 aromatic rings. The number of fused-ring (bicyclic) bond motifs is 22. The van der Waals surface area contributed by atoms with Crippen molar-refractivity contribution in [2.75, 3.05) is 0 Å². The molecule has 19 rings (SSSR count). The maximum Gasteiger partial charge on any atom is 0.165 e. The van der Waals surface area contributed by atoms with Crippen LogP contribution in [0.3, 0.4) is 0 Å². The Morgan fingerprint density at radius 3 is 1.42 bits per heavy atom. The van der Waals surface area contributed by atoms with Gasteiger partial charge in [0.15, 0.2) is 11.3 Å². The first-order valence-electron chi connectivity index (χ1n) is 26.8. The minimum absolute atomic E-state index is 0.866. The monoisotopic (exact) mass is 988 g/mol. The lowest BCUT2D eigenvalue weighted by molar-refractivity contribution is 1.18. The fourth-order valence-corrected chi connectivity index (χ4v) is 14.2. The fourth-order valence-electron chi connectivity index (χ4n) is 14.2. The predicted octanol–water partition coefficient (Wildman–Crippen LogP) is 18.6. The summed E-state index contributed by atoms with van der Waals surface area (Å²) in [5, 5.41) is 16.8. The fraction of sp³-hybridized carbons (Fsp3) is 0. The minimum Gasteiger partial charge on any atom is -0.309 e. The summed E-state index contributed by atoms with van der Waals surface area (Å²) in [7, 11) is 0. The van der Waals surface area contributed by atoms with Crippen LogP contribution in [-0.2, 0) is 0 Å². The van der Waals surface area contributed by atoms with Crippen molar-refractivity contribution < 1.29 is 0 Å². The van der Waals surface area contributed by atoms with Crippen molar-refractivity contribution in [3.05, 3.63) is 243 Å². The first kappa shape index (κ1) is 40.8. The smallest absolute Gasteiger partial charge is 0.165 e. The van der Waals surface area contributed by atoms with E-state index in [0.717, 1.165) is 88.8 Å². The zero-order valence-corrected chi connectivity index (χ0v) is 41.8. The first-order valence-corrected chi connectivity index (χ1v) is 26.8. The number of aromatic nitrogens is 6. The summed E-state index contributed by atoms with van der Waals surface area (Å²) in [5.74, 6) is 0. The molecule has 6 nitrogen and oxygen atoms in total. The van der Waals surface area contributed by atoms with Crippen molar-refractivity contribution in [1.82, 2.24) is 27.9 Å². The minimum atomic E-state index is 0.866. The van der Waals surface area contributed by atoms with Gasteiger partial charge in [0.05, 0.1) is 44.1 Å². The quantitative estimate of drug-likeness (QED) is 0.176. The normalized spacial score (nSPS) is 12.6. The summed E-state index contributed by atoms with van der Waals surface area (Å²) < 4.78 is 9.70. The summed E-state index contributed by atoms with van der Waals surface area (Å²) in [5.41, 5.74) is 19.8. The molecule has 78 heavy (non-hydrogen) atoms. The Morgan fingerprint density at radius 1 is 0.256 bits per heavy atom. The number of rotatable bonds is 4. The number of nitrogens with zero attached hydrogens (tertiary/aromatic N) is 6. The second kappa shape index (κ2) is 14.6. The summed E-state index contributed by atoms with van der Waals surface area (Å²) in [6.07, 6.45) is 0. The topological polar surface area (TPSA) is 44.5 Å². The van der Waals surface area contributed by atoms with Gasteiger partial charge in [-0.1, -0.05) is 170 Å². The average molecular weight is 989 g/mol. The van der Waals surface area contributed by atoms with Crippen LogP contribution >= 0.6 is 0 Å². The zero-order chi connectivity index (χ0) is 50.5. The number of hydrogen-bond donors (Lipinski definition) is 0. The molecule has 0 aliphatic carbocycles.